The first-order valence-corrected chi connectivity index (χ1v) is 8.02. The Kier molecular flexibility index (Phi) is 4.34. The first kappa shape index (κ1) is 14.0. The van der Waals surface area contributed by atoms with Crippen molar-refractivity contribution in [1.29, 1.82) is 0 Å². The van der Waals surface area contributed by atoms with Crippen molar-refractivity contribution in [2.24, 2.45) is 5.92 Å². The van der Waals surface area contributed by atoms with Crippen LogP contribution in [0.1, 0.15) is 30.2 Å². The Balaban J connectivity index is 1.79. The first-order chi connectivity index (χ1) is 9.76. The normalized spacial score (nSPS) is 18.5. The van der Waals surface area contributed by atoms with Gasteiger partial charge in [-0.15, -0.1) is 11.3 Å². The summed E-state index contributed by atoms with van der Waals surface area (Å²) in [5.41, 5.74) is 0. The molecule has 2 heterocycles. The molecule has 2 aromatic rings. The van der Waals surface area contributed by atoms with Gasteiger partial charge in [0, 0.05) is 28.8 Å². The minimum absolute atomic E-state index is 0.160. The van der Waals surface area contributed by atoms with Crippen LogP contribution < -0.4 is 5.32 Å². The Labute approximate surface area is 122 Å². The molecule has 1 aliphatic heterocycles. The molecule has 108 valence electrons. The third-order valence-corrected chi connectivity index (χ3v) is 5.33. The van der Waals surface area contributed by atoms with Crippen LogP contribution in [0.3, 0.4) is 0 Å². The van der Waals surface area contributed by atoms with E-state index in [2.05, 4.69) is 11.4 Å². The van der Waals surface area contributed by atoms with Crippen LogP contribution in [0, 0.1) is 11.7 Å². The number of hydrogen-bond donors (Lipinski definition) is 1. The predicted octanol–water partition coefficient (Wildman–Crippen LogP) is 4.12. The summed E-state index contributed by atoms with van der Waals surface area (Å²) in [5.74, 6) is 0.565. The van der Waals surface area contributed by atoms with Crippen molar-refractivity contribution in [2.75, 3.05) is 20.3 Å². The molecule has 0 spiro atoms. The average Bonchev–Trinajstić information content (AvgIpc) is 2.88. The van der Waals surface area contributed by atoms with E-state index in [0.29, 0.717) is 6.04 Å². The fourth-order valence-corrected chi connectivity index (χ4v) is 4.07. The van der Waals surface area contributed by atoms with E-state index in [1.807, 2.05) is 13.1 Å². The lowest BCUT2D eigenvalue weighted by Crippen LogP contribution is -2.23. The minimum atomic E-state index is -0.160. The molecule has 0 amide bonds. The predicted molar refractivity (Wildman–Crippen MR) is 81.7 cm³/mol. The number of ether oxygens (including phenoxy) is 1. The van der Waals surface area contributed by atoms with Gasteiger partial charge in [-0.25, -0.2) is 4.39 Å². The zero-order valence-corrected chi connectivity index (χ0v) is 12.5. The monoisotopic (exact) mass is 293 g/mol. The molecule has 0 aliphatic carbocycles. The van der Waals surface area contributed by atoms with E-state index in [1.54, 1.807) is 17.4 Å². The SMILES string of the molecule is CNC(CC1CCOCC1)c1cc2cc(F)ccc2s1. The standard InChI is InChI=1S/C16H20FNOS/c1-18-14(8-11-4-6-19-7-5-11)16-10-12-9-13(17)2-3-15(12)20-16/h2-3,9-11,14,18H,4-8H2,1H3. The zero-order valence-electron chi connectivity index (χ0n) is 11.7. The Morgan fingerprint density at radius 3 is 2.90 bits per heavy atom. The maximum atomic E-state index is 13.3. The maximum Gasteiger partial charge on any atom is 0.123 e. The second-order valence-corrected chi connectivity index (χ2v) is 6.58. The van der Waals surface area contributed by atoms with Crippen molar-refractivity contribution in [2.45, 2.75) is 25.3 Å². The maximum absolute atomic E-state index is 13.3. The van der Waals surface area contributed by atoms with E-state index < -0.39 is 0 Å². The van der Waals surface area contributed by atoms with E-state index >= 15 is 0 Å². The number of rotatable bonds is 4. The molecule has 1 unspecified atom stereocenters. The zero-order chi connectivity index (χ0) is 13.9. The van der Waals surface area contributed by atoms with E-state index in [4.69, 9.17) is 4.74 Å². The number of nitrogens with one attached hydrogen (secondary N) is 1. The van der Waals surface area contributed by atoms with E-state index in [0.717, 1.165) is 48.5 Å². The van der Waals surface area contributed by atoms with Crippen LogP contribution in [0.25, 0.3) is 10.1 Å². The molecular weight excluding hydrogens is 273 g/mol. The fraction of sp³-hybridized carbons (Fsp3) is 0.500. The summed E-state index contributed by atoms with van der Waals surface area (Å²) < 4.78 is 19.9. The quantitative estimate of drug-likeness (QED) is 0.915. The van der Waals surface area contributed by atoms with Crippen LogP contribution in [0.2, 0.25) is 0 Å². The van der Waals surface area contributed by atoms with Crippen LogP contribution in [0.15, 0.2) is 24.3 Å². The molecule has 1 aliphatic rings. The Bertz CT molecular complexity index is 577. The molecule has 1 atom stereocenters. The van der Waals surface area contributed by atoms with Gasteiger partial charge in [-0.05, 0) is 61.9 Å². The lowest BCUT2D eigenvalue weighted by molar-refractivity contribution is 0.0609. The highest BCUT2D eigenvalue weighted by atomic mass is 32.1. The topological polar surface area (TPSA) is 21.3 Å². The van der Waals surface area contributed by atoms with Gasteiger partial charge >= 0.3 is 0 Å². The molecule has 1 fully saturated rings. The number of thiophene rings is 1. The van der Waals surface area contributed by atoms with Crippen LogP contribution in [-0.4, -0.2) is 20.3 Å². The summed E-state index contributed by atoms with van der Waals surface area (Å²) in [6.45, 7) is 1.78. The molecule has 4 heteroatoms. The van der Waals surface area contributed by atoms with Gasteiger partial charge in [0.1, 0.15) is 5.82 Å². The average molecular weight is 293 g/mol. The summed E-state index contributed by atoms with van der Waals surface area (Å²) in [7, 11) is 2.01. The van der Waals surface area contributed by atoms with Crippen LogP contribution in [0.4, 0.5) is 4.39 Å². The van der Waals surface area contributed by atoms with E-state index in [9.17, 15) is 4.39 Å². The van der Waals surface area contributed by atoms with Crippen molar-refractivity contribution >= 4 is 21.4 Å². The van der Waals surface area contributed by atoms with Crippen molar-refractivity contribution in [1.82, 2.24) is 5.32 Å². The van der Waals surface area contributed by atoms with Gasteiger partial charge in [0.2, 0.25) is 0 Å². The summed E-state index contributed by atoms with van der Waals surface area (Å²) >= 11 is 1.77. The minimum Gasteiger partial charge on any atom is -0.381 e. The molecule has 1 aromatic carbocycles. The summed E-state index contributed by atoms with van der Waals surface area (Å²) in [5, 5.41) is 4.43. The van der Waals surface area contributed by atoms with Gasteiger partial charge in [-0.3, -0.25) is 0 Å². The van der Waals surface area contributed by atoms with Gasteiger partial charge < -0.3 is 10.1 Å². The Morgan fingerprint density at radius 2 is 2.15 bits per heavy atom. The molecule has 3 rings (SSSR count). The molecule has 20 heavy (non-hydrogen) atoms. The number of benzene rings is 1. The second kappa shape index (κ2) is 6.20. The lowest BCUT2D eigenvalue weighted by Gasteiger charge is -2.26. The van der Waals surface area contributed by atoms with Crippen LogP contribution in [0.5, 0.6) is 0 Å². The van der Waals surface area contributed by atoms with Gasteiger partial charge in [0.15, 0.2) is 0 Å². The Hall–Kier alpha value is -0.970. The van der Waals surface area contributed by atoms with E-state index in [-0.39, 0.29) is 5.82 Å². The smallest absolute Gasteiger partial charge is 0.123 e. The molecule has 1 aromatic heterocycles. The van der Waals surface area contributed by atoms with Crippen molar-refractivity contribution in [3.05, 3.63) is 35.0 Å². The molecule has 1 saturated heterocycles. The van der Waals surface area contributed by atoms with Crippen LogP contribution >= 0.6 is 11.3 Å². The molecule has 0 saturated carbocycles. The number of fused-ring (bicyclic) bond motifs is 1. The van der Waals surface area contributed by atoms with Gasteiger partial charge in [-0.2, -0.15) is 0 Å². The van der Waals surface area contributed by atoms with Gasteiger partial charge in [0.05, 0.1) is 0 Å². The lowest BCUT2D eigenvalue weighted by atomic mass is 9.92. The fourth-order valence-electron chi connectivity index (χ4n) is 2.90. The highest BCUT2D eigenvalue weighted by Crippen LogP contribution is 2.34. The third kappa shape index (κ3) is 3.03. The van der Waals surface area contributed by atoms with Crippen molar-refractivity contribution in [3.63, 3.8) is 0 Å². The van der Waals surface area contributed by atoms with Gasteiger partial charge in [-0.1, -0.05) is 0 Å². The summed E-state index contributed by atoms with van der Waals surface area (Å²) in [4.78, 5) is 1.31. The molecule has 1 N–H and O–H groups in total. The molecule has 2 nitrogen and oxygen atoms in total. The van der Waals surface area contributed by atoms with Crippen LogP contribution in [-0.2, 0) is 4.74 Å². The van der Waals surface area contributed by atoms with E-state index in [1.165, 1.54) is 10.9 Å². The van der Waals surface area contributed by atoms with Gasteiger partial charge in [0.25, 0.3) is 0 Å². The highest BCUT2D eigenvalue weighted by Gasteiger charge is 2.21. The molecule has 0 bridgehead atoms. The largest absolute Gasteiger partial charge is 0.381 e. The summed E-state index contributed by atoms with van der Waals surface area (Å²) in [6, 6.07) is 7.52. The Morgan fingerprint density at radius 1 is 1.35 bits per heavy atom. The highest BCUT2D eigenvalue weighted by molar-refractivity contribution is 7.19. The molecular formula is C16H20FNOS. The number of hydrogen-bond acceptors (Lipinski definition) is 3. The second-order valence-electron chi connectivity index (χ2n) is 5.46. The first-order valence-electron chi connectivity index (χ1n) is 7.20. The van der Waals surface area contributed by atoms with Crippen molar-refractivity contribution < 1.29 is 9.13 Å². The summed E-state index contributed by atoms with van der Waals surface area (Å²) in [6.07, 6.45) is 3.44. The third-order valence-electron chi connectivity index (χ3n) is 4.10. The molecule has 0 radical (unpaired) electrons. The van der Waals surface area contributed by atoms with Crippen molar-refractivity contribution in [3.8, 4) is 0 Å². The number of halogens is 1.